The lowest BCUT2D eigenvalue weighted by molar-refractivity contribution is -0.122. The molecule has 0 radical (unpaired) electrons. The van der Waals surface area contributed by atoms with Crippen molar-refractivity contribution < 1.29 is 19.1 Å². The monoisotopic (exact) mass is 335 g/mol. The Labute approximate surface area is 142 Å². The van der Waals surface area contributed by atoms with E-state index in [0.29, 0.717) is 6.42 Å². The lowest BCUT2D eigenvalue weighted by Gasteiger charge is -2.24. The minimum absolute atomic E-state index is 0.131. The van der Waals surface area contributed by atoms with E-state index in [1.54, 1.807) is 32.9 Å². The smallest absolute Gasteiger partial charge is 0.408 e. The minimum Gasteiger partial charge on any atom is -0.444 e. The van der Waals surface area contributed by atoms with Crippen LogP contribution in [0.5, 0.6) is 0 Å². The number of hydrogen-bond donors (Lipinski definition) is 2. The molecule has 1 heterocycles. The van der Waals surface area contributed by atoms with E-state index in [1.165, 1.54) is 12.3 Å². The molecule has 0 unspecified atom stereocenters. The van der Waals surface area contributed by atoms with Crippen molar-refractivity contribution in [3.05, 3.63) is 30.1 Å². The van der Waals surface area contributed by atoms with Gasteiger partial charge in [-0.25, -0.2) is 4.79 Å². The van der Waals surface area contributed by atoms with Crippen LogP contribution in [0.2, 0.25) is 0 Å². The molecule has 0 aliphatic carbocycles. The molecule has 0 saturated carbocycles. The van der Waals surface area contributed by atoms with Gasteiger partial charge in [-0.1, -0.05) is 19.9 Å². The van der Waals surface area contributed by atoms with Gasteiger partial charge in [0.1, 0.15) is 17.3 Å². The van der Waals surface area contributed by atoms with Crippen molar-refractivity contribution in [2.45, 2.75) is 52.7 Å². The van der Waals surface area contributed by atoms with E-state index >= 15 is 0 Å². The first kappa shape index (κ1) is 19.6. The van der Waals surface area contributed by atoms with Crippen molar-refractivity contribution in [1.82, 2.24) is 15.6 Å². The Morgan fingerprint density at radius 3 is 2.38 bits per heavy atom. The molecule has 3 amide bonds. The second-order valence-electron chi connectivity index (χ2n) is 6.86. The highest BCUT2D eigenvalue weighted by atomic mass is 16.6. The zero-order valence-corrected chi connectivity index (χ0v) is 14.8. The predicted molar refractivity (Wildman–Crippen MR) is 89.3 cm³/mol. The Balaban J connectivity index is 2.74. The molecule has 0 spiro atoms. The van der Waals surface area contributed by atoms with Crippen LogP contribution in [0.4, 0.5) is 4.79 Å². The molecular formula is C17H25N3O4. The van der Waals surface area contributed by atoms with Gasteiger partial charge in [0.15, 0.2) is 0 Å². The number of ether oxygens (including phenoxy) is 1. The number of nitrogens with one attached hydrogen (secondary N) is 2. The first-order valence-electron chi connectivity index (χ1n) is 7.84. The van der Waals surface area contributed by atoms with Gasteiger partial charge >= 0.3 is 6.09 Å². The molecule has 0 bridgehead atoms. The second kappa shape index (κ2) is 8.42. The zero-order valence-electron chi connectivity index (χ0n) is 14.8. The predicted octanol–water partition coefficient (Wildman–Crippen LogP) is 2.28. The molecule has 132 valence electrons. The Kier molecular flexibility index (Phi) is 6.88. The summed E-state index contributed by atoms with van der Waals surface area (Å²) < 4.78 is 5.16. The van der Waals surface area contributed by atoms with E-state index in [4.69, 9.17) is 4.74 Å². The van der Waals surface area contributed by atoms with Crippen LogP contribution < -0.4 is 10.6 Å². The quantitative estimate of drug-likeness (QED) is 0.860. The Hall–Kier alpha value is -2.44. The Morgan fingerprint density at radius 1 is 1.21 bits per heavy atom. The molecule has 0 aliphatic rings. The SMILES string of the molecule is CC(C)C[C@H](NC(=O)OC(C)(C)C)C(=O)NC(=O)c1ccccn1. The molecule has 0 aliphatic heterocycles. The fourth-order valence-corrected chi connectivity index (χ4v) is 1.91. The maximum absolute atomic E-state index is 12.3. The standard InChI is InChI=1S/C17H25N3O4/c1-11(2)10-13(19-16(23)24-17(3,4)5)15(22)20-14(21)12-8-6-7-9-18-12/h6-9,11,13H,10H2,1-5H3,(H,19,23)(H,20,21,22)/t13-/m0/s1. The van der Waals surface area contributed by atoms with Crippen molar-refractivity contribution in [3.63, 3.8) is 0 Å². The fraction of sp³-hybridized carbons (Fsp3) is 0.529. The molecule has 24 heavy (non-hydrogen) atoms. The number of rotatable bonds is 5. The van der Waals surface area contributed by atoms with E-state index in [0.717, 1.165) is 0 Å². The van der Waals surface area contributed by atoms with Gasteiger partial charge in [0.05, 0.1) is 0 Å². The zero-order chi connectivity index (χ0) is 18.3. The van der Waals surface area contributed by atoms with Crippen molar-refractivity contribution in [3.8, 4) is 0 Å². The van der Waals surface area contributed by atoms with Crippen LogP contribution in [0.1, 0.15) is 51.5 Å². The van der Waals surface area contributed by atoms with Gasteiger partial charge in [-0.2, -0.15) is 0 Å². The van der Waals surface area contributed by atoms with Crippen molar-refractivity contribution in [2.24, 2.45) is 5.92 Å². The topological polar surface area (TPSA) is 97.4 Å². The lowest BCUT2D eigenvalue weighted by Crippen LogP contribution is -2.50. The number of imide groups is 1. The summed E-state index contributed by atoms with van der Waals surface area (Å²) in [6, 6.07) is 3.95. The van der Waals surface area contributed by atoms with Crippen molar-refractivity contribution >= 4 is 17.9 Å². The van der Waals surface area contributed by atoms with Crippen LogP contribution >= 0.6 is 0 Å². The second-order valence-corrected chi connectivity index (χ2v) is 6.86. The molecule has 1 atom stereocenters. The molecule has 0 saturated heterocycles. The normalized spacial score (nSPS) is 12.4. The van der Waals surface area contributed by atoms with E-state index in [9.17, 15) is 14.4 Å². The average Bonchev–Trinajstić information content (AvgIpc) is 2.44. The summed E-state index contributed by atoms with van der Waals surface area (Å²) in [6.45, 7) is 9.02. The molecule has 1 aromatic heterocycles. The number of pyridine rings is 1. The summed E-state index contributed by atoms with van der Waals surface area (Å²) in [5.74, 6) is -1.06. The molecule has 1 aromatic rings. The largest absolute Gasteiger partial charge is 0.444 e. The van der Waals surface area contributed by atoms with Crippen LogP contribution in [-0.2, 0) is 9.53 Å². The molecule has 1 rings (SSSR count). The molecular weight excluding hydrogens is 310 g/mol. The lowest BCUT2D eigenvalue weighted by atomic mass is 10.0. The number of carbonyl (C=O) groups excluding carboxylic acids is 3. The maximum Gasteiger partial charge on any atom is 0.408 e. The van der Waals surface area contributed by atoms with E-state index < -0.39 is 29.6 Å². The van der Waals surface area contributed by atoms with Gasteiger partial charge in [-0.15, -0.1) is 0 Å². The number of alkyl carbamates (subject to hydrolysis) is 1. The molecule has 2 N–H and O–H groups in total. The van der Waals surface area contributed by atoms with Gasteiger partial charge in [0, 0.05) is 6.20 Å². The highest BCUT2D eigenvalue weighted by Crippen LogP contribution is 2.09. The third-order valence-corrected chi connectivity index (χ3v) is 2.85. The van der Waals surface area contributed by atoms with Gasteiger partial charge in [-0.05, 0) is 45.2 Å². The van der Waals surface area contributed by atoms with Crippen molar-refractivity contribution in [1.29, 1.82) is 0 Å². The van der Waals surface area contributed by atoms with Gasteiger partial charge in [-0.3, -0.25) is 19.9 Å². The summed E-state index contributed by atoms with van der Waals surface area (Å²) >= 11 is 0. The molecule has 0 aromatic carbocycles. The van der Waals surface area contributed by atoms with E-state index in [1.807, 2.05) is 13.8 Å². The number of carbonyl (C=O) groups is 3. The molecule has 7 heteroatoms. The number of amides is 3. The third kappa shape index (κ3) is 7.21. The first-order valence-corrected chi connectivity index (χ1v) is 7.84. The van der Waals surface area contributed by atoms with E-state index in [2.05, 4.69) is 15.6 Å². The maximum atomic E-state index is 12.3. The van der Waals surface area contributed by atoms with Crippen LogP contribution in [0.15, 0.2) is 24.4 Å². The van der Waals surface area contributed by atoms with Gasteiger partial charge in [0.25, 0.3) is 5.91 Å². The Bertz CT molecular complexity index is 579. The van der Waals surface area contributed by atoms with Gasteiger partial charge < -0.3 is 10.1 Å². The average molecular weight is 335 g/mol. The first-order chi connectivity index (χ1) is 11.1. The minimum atomic E-state index is -0.868. The number of aromatic nitrogens is 1. The fourth-order valence-electron chi connectivity index (χ4n) is 1.91. The van der Waals surface area contributed by atoms with Crippen LogP contribution in [-0.4, -0.2) is 34.5 Å². The summed E-state index contributed by atoms with van der Waals surface area (Å²) in [7, 11) is 0. The summed E-state index contributed by atoms with van der Waals surface area (Å²) in [5.41, 5.74) is -0.543. The third-order valence-electron chi connectivity index (χ3n) is 2.85. The van der Waals surface area contributed by atoms with Crippen LogP contribution in [0.25, 0.3) is 0 Å². The van der Waals surface area contributed by atoms with Crippen LogP contribution in [0.3, 0.4) is 0 Å². The van der Waals surface area contributed by atoms with Crippen molar-refractivity contribution in [2.75, 3.05) is 0 Å². The molecule has 0 fully saturated rings. The molecule has 7 nitrogen and oxygen atoms in total. The highest BCUT2D eigenvalue weighted by molar-refractivity contribution is 6.05. The van der Waals surface area contributed by atoms with E-state index in [-0.39, 0.29) is 11.6 Å². The Morgan fingerprint density at radius 2 is 1.88 bits per heavy atom. The summed E-state index contributed by atoms with van der Waals surface area (Å²) in [5, 5.41) is 4.77. The highest BCUT2D eigenvalue weighted by Gasteiger charge is 2.26. The van der Waals surface area contributed by atoms with Gasteiger partial charge in [0.2, 0.25) is 5.91 Å². The number of nitrogens with zero attached hydrogens (tertiary/aromatic N) is 1. The number of hydrogen-bond acceptors (Lipinski definition) is 5. The summed E-state index contributed by atoms with van der Waals surface area (Å²) in [6.07, 6.45) is 1.14. The summed E-state index contributed by atoms with van der Waals surface area (Å²) in [4.78, 5) is 40.1. The van der Waals surface area contributed by atoms with Crippen LogP contribution in [0, 0.1) is 5.92 Å².